The zero-order valence-corrected chi connectivity index (χ0v) is 17.6. The van der Waals surface area contributed by atoms with Gasteiger partial charge in [0.05, 0.1) is 5.41 Å². The van der Waals surface area contributed by atoms with Gasteiger partial charge < -0.3 is 9.42 Å². The number of hydrogen-bond acceptors (Lipinski definition) is 6. The van der Waals surface area contributed by atoms with Gasteiger partial charge in [-0.2, -0.15) is 10.1 Å². The molecule has 2 aliphatic rings. The van der Waals surface area contributed by atoms with Crippen LogP contribution in [0.1, 0.15) is 66.9 Å². The maximum Gasteiger partial charge on any atom is 0.253 e. The van der Waals surface area contributed by atoms with Crippen LogP contribution in [-0.4, -0.2) is 49.2 Å². The predicted octanol–water partition coefficient (Wildman–Crippen LogP) is 3.48. The van der Waals surface area contributed by atoms with Crippen LogP contribution in [0.2, 0.25) is 0 Å². The number of H-pyrrole nitrogens is 1. The van der Waals surface area contributed by atoms with Crippen molar-refractivity contribution < 1.29 is 9.32 Å². The third kappa shape index (κ3) is 3.02. The average molecular weight is 406 g/mol. The molecule has 2 fully saturated rings. The Labute approximate surface area is 175 Å². The first-order valence-electron chi connectivity index (χ1n) is 10.6. The number of amides is 1. The van der Waals surface area contributed by atoms with Crippen molar-refractivity contribution in [2.45, 2.75) is 51.4 Å². The number of nitrogens with one attached hydrogen (secondary N) is 1. The lowest BCUT2D eigenvalue weighted by molar-refractivity contribution is 0.0775. The highest BCUT2D eigenvalue weighted by Crippen LogP contribution is 2.50. The molecule has 1 aromatic carbocycles. The van der Waals surface area contributed by atoms with E-state index in [9.17, 15) is 4.79 Å². The highest BCUT2D eigenvalue weighted by molar-refractivity contribution is 5.95. The third-order valence-electron chi connectivity index (χ3n) is 6.53. The highest BCUT2D eigenvalue weighted by Gasteiger charge is 2.55. The van der Waals surface area contributed by atoms with Crippen molar-refractivity contribution in [1.29, 1.82) is 0 Å². The van der Waals surface area contributed by atoms with Gasteiger partial charge in [0.1, 0.15) is 5.82 Å². The SMILES string of the molecule is Cc1nc(-c2ccc(C(=O)N3C[C@H]4CCC[C@@]4(c4nc(C(C)C)no4)C3)cc2)n[nH]1. The Hall–Kier alpha value is -3.03. The number of rotatable bonds is 4. The van der Waals surface area contributed by atoms with Gasteiger partial charge in [-0.3, -0.25) is 9.89 Å². The summed E-state index contributed by atoms with van der Waals surface area (Å²) in [5, 5.41) is 11.2. The maximum absolute atomic E-state index is 13.2. The predicted molar refractivity (Wildman–Crippen MR) is 110 cm³/mol. The molecule has 2 aromatic heterocycles. The van der Waals surface area contributed by atoms with Crippen LogP contribution in [0, 0.1) is 12.8 Å². The Bertz CT molecular complexity index is 1070. The molecule has 0 spiro atoms. The van der Waals surface area contributed by atoms with E-state index in [4.69, 9.17) is 9.51 Å². The quantitative estimate of drug-likeness (QED) is 0.712. The zero-order valence-electron chi connectivity index (χ0n) is 17.6. The lowest BCUT2D eigenvalue weighted by Gasteiger charge is -2.24. The van der Waals surface area contributed by atoms with E-state index in [0.29, 0.717) is 29.7 Å². The first-order chi connectivity index (χ1) is 14.5. The summed E-state index contributed by atoms with van der Waals surface area (Å²) < 4.78 is 5.70. The number of likely N-dealkylation sites (tertiary alicyclic amines) is 1. The number of fused-ring (bicyclic) bond motifs is 1. The number of hydrogen-bond donors (Lipinski definition) is 1. The normalized spacial score (nSPS) is 23.3. The average Bonchev–Trinajstić information content (AvgIpc) is 3.49. The summed E-state index contributed by atoms with van der Waals surface area (Å²) in [5.74, 6) is 3.50. The number of nitrogens with zero attached hydrogens (tertiary/aromatic N) is 5. The van der Waals surface area contributed by atoms with Crippen molar-refractivity contribution in [3.63, 3.8) is 0 Å². The van der Waals surface area contributed by atoms with Crippen LogP contribution in [0.5, 0.6) is 0 Å². The minimum atomic E-state index is -0.202. The molecule has 30 heavy (non-hydrogen) atoms. The van der Waals surface area contributed by atoms with Crippen LogP contribution < -0.4 is 0 Å². The van der Waals surface area contributed by atoms with Gasteiger partial charge in [0.15, 0.2) is 11.6 Å². The van der Waals surface area contributed by atoms with Crippen LogP contribution in [0.25, 0.3) is 11.4 Å². The summed E-state index contributed by atoms with van der Waals surface area (Å²) in [5.41, 5.74) is 1.36. The molecule has 1 amide bonds. The fourth-order valence-corrected chi connectivity index (χ4v) is 4.88. The number of aromatic amines is 1. The fourth-order valence-electron chi connectivity index (χ4n) is 4.88. The van der Waals surface area contributed by atoms with Gasteiger partial charge in [0, 0.05) is 30.1 Å². The molecule has 1 aliphatic heterocycles. The van der Waals surface area contributed by atoms with Crippen LogP contribution in [0.15, 0.2) is 28.8 Å². The van der Waals surface area contributed by atoms with E-state index in [1.54, 1.807) is 0 Å². The topological polar surface area (TPSA) is 101 Å². The summed E-state index contributed by atoms with van der Waals surface area (Å²) in [6.45, 7) is 7.36. The standard InChI is InChI=1S/C22H26N6O2/c1-13(2)18-24-21(30-27-18)22-10-4-5-17(22)11-28(12-22)20(29)16-8-6-15(7-9-16)19-23-14(3)25-26-19/h6-9,13,17H,4-5,10-12H2,1-3H3,(H,23,25,26)/t17-,22-/m1/s1. The van der Waals surface area contributed by atoms with E-state index < -0.39 is 0 Å². The molecule has 3 heterocycles. The van der Waals surface area contributed by atoms with Gasteiger partial charge in [0.25, 0.3) is 5.91 Å². The zero-order chi connectivity index (χ0) is 20.9. The molecule has 0 radical (unpaired) electrons. The monoisotopic (exact) mass is 406 g/mol. The molecule has 2 atom stereocenters. The second-order valence-corrected chi connectivity index (χ2v) is 8.87. The molecular weight excluding hydrogens is 380 g/mol. The largest absolute Gasteiger partial charge is 0.339 e. The molecule has 0 unspecified atom stereocenters. The molecule has 156 valence electrons. The second-order valence-electron chi connectivity index (χ2n) is 8.87. The highest BCUT2D eigenvalue weighted by atomic mass is 16.5. The molecule has 1 aliphatic carbocycles. The Kier molecular flexibility index (Phi) is 4.45. The van der Waals surface area contributed by atoms with Crippen molar-refractivity contribution in [2.75, 3.05) is 13.1 Å². The number of benzene rings is 1. The van der Waals surface area contributed by atoms with Crippen molar-refractivity contribution >= 4 is 5.91 Å². The summed E-state index contributed by atoms with van der Waals surface area (Å²) in [4.78, 5) is 24.2. The number of aromatic nitrogens is 5. The van der Waals surface area contributed by atoms with Gasteiger partial charge in [-0.25, -0.2) is 4.98 Å². The number of carbonyl (C=O) groups is 1. The van der Waals surface area contributed by atoms with Crippen LogP contribution in [-0.2, 0) is 5.41 Å². The van der Waals surface area contributed by atoms with Crippen molar-refractivity contribution in [2.24, 2.45) is 5.92 Å². The molecule has 5 rings (SSSR count). The van der Waals surface area contributed by atoms with Gasteiger partial charge >= 0.3 is 0 Å². The Morgan fingerprint density at radius 3 is 2.73 bits per heavy atom. The van der Waals surface area contributed by atoms with Crippen LogP contribution in [0.4, 0.5) is 0 Å². The second kappa shape index (κ2) is 7.04. The number of aryl methyl sites for hydroxylation is 1. The van der Waals surface area contributed by atoms with Gasteiger partial charge in [-0.05, 0) is 37.8 Å². The first kappa shape index (κ1) is 19.0. The van der Waals surface area contributed by atoms with E-state index >= 15 is 0 Å². The molecule has 1 N–H and O–H groups in total. The van der Waals surface area contributed by atoms with Crippen molar-refractivity contribution in [3.8, 4) is 11.4 Å². The van der Waals surface area contributed by atoms with E-state index in [1.807, 2.05) is 36.1 Å². The summed E-state index contributed by atoms with van der Waals surface area (Å²) in [7, 11) is 0. The third-order valence-corrected chi connectivity index (χ3v) is 6.53. The molecule has 0 bridgehead atoms. The van der Waals surface area contributed by atoms with Crippen LogP contribution >= 0.6 is 0 Å². The van der Waals surface area contributed by atoms with Gasteiger partial charge in [-0.1, -0.05) is 37.6 Å². The minimum absolute atomic E-state index is 0.0464. The fraction of sp³-hybridized carbons (Fsp3) is 0.500. The number of carbonyl (C=O) groups excluding carboxylic acids is 1. The lowest BCUT2D eigenvalue weighted by atomic mass is 9.80. The molecule has 8 heteroatoms. The van der Waals surface area contributed by atoms with Gasteiger partial charge in [-0.15, -0.1) is 0 Å². The van der Waals surface area contributed by atoms with E-state index in [2.05, 4.69) is 34.2 Å². The molecule has 1 saturated carbocycles. The summed E-state index contributed by atoms with van der Waals surface area (Å²) in [6.07, 6.45) is 3.22. The molecule has 8 nitrogen and oxygen atoms in total. The van der Waals surface area contributed by atoms with Gasteiger partial charge in [0.2, 0.25) is 5.89 Å². The summed E-state index contributed by atoms with van der Waals surface area (Å²) in [6, 6.07) is 7.51. The minimum Gasteiger partial charge on any atom is -0.339 e. The van der Waals surface area contributed by atoms with Crippen molar-refractivity contribution in [3.05, 3.63) is 47.4 Å². The van der Waals surface area contributed by atoms with Crippen LogP contribution in [0.3, 0.4) is 0 Å². The van der Waals surface area contributed by atoms with E-state index in [-0.39, 0.29) is 17.2 Å². The summed E-state index contributed by atoms with van der Waals surface area (Å²) >= 11 is 0. The first-order valence-corrected chi connectivity index (χ1v) is 10.6. The van der Waals surface area contributed by atoms with E-state index in [1.165, 1.54) is 0 Å². The Morgan fingerprint density at radius 1 is 1.27 bits per heavy atom. The Balaban J connectivity index is 1.37. The Morgan fingerprint density at radius 2 is 2.07 bits per heavy atom. The molecule has 3 aromatic rings. The molecular formula is C22H26N6O2. The van der Waals surface area contributed by atoms with E-state index in [0.717, 1.165) is 43.0 Å². The molecule has 1 saturated heterocycles. The lowest BCUT2D eigenvalue weighted by Crippen LogP contribution is -2.35. The van der Waals surface area contributed by atoms with Crippen molar-refractivity contribution in [1.82, 2.24) is 30.2 Å². The smallest absolute Gasteiger partial charge is 0.253 e. The maximum atomic E-state index is 13.2.